The molecule has 0 aromatic carbocycles. The lowest BCUT2D eigenvalue weighted by Crippen LogP contribution is -2.22. The van der Waals surface area contributed by atoms with Crippen LogP contribution in [0, 0.1) is 18.8 Å². The summed E-state index contributed by atoms with van der Waals surface area (Å²) in [5, 5.41) is 4.48. The smallest absolute Gasteiger partial charge is 0.0896 e. The molecule has 19 heavy (non-hydrogen) atoms. The Morgan fingerprint density at radius 1 is 1.42 bits per heavy atom. The van der Waals surface area contributed by atoms with Crippen LogP contribution in [0.15, 0.2) is 4.47 Å². The van der Waals surface area contributed by atoms with Gasteiger partial charge >= 0.3 is 0 Å². The van der Waals surface area contributed by atoms with Gasteiger partial charge in [0.1, 0.15) is 0 Å². The lowest BCUT2D eigenvalue weighted by atomic mass is 9.97. The number of hydrogen-bond acceptors (Lipinski definition) is 3. The van der Waals surface area contributed by atoms with E-state index in [-0.39, 0.29) is 0 Å². The van der Waals surface area contributed by atoms with E-state index in [1.165, 1.54) is 19.3 Å². The van der Waals surface area contributed by atoms with Crippen LogP contribution in [0.4, 0.5) is 0 Å². The number of nitrogens with zero attached hydrogens (tertiary/aromatic N) is 2. The van der Waals surface area contributed by atoms with E-state index in [4.69, 9.17) is 10.5 Å². The zero-order valence-electron chi connectivity index (χ0n) is 11.9. The fourth-order valence-corrected chi connectivity index (χ4v) is 3.36. The van der Waals surface area contributed by atoms with Crippen LogP contribution in [-0.4, -0.2) is 22.9 Å². The minimum atomic E-state index is 0.628. The zero-order valence-corrected chi connectivity index (χ0v) is 13.4. The van der Waals surface area contributed by atoms with Crippen molar-refractivity contribution >= 4 is 15.9 Å². The Hall–Kier alpha value is -0.390. The summed E-state index contributed by atoms with van der Waals surface area (Å²) < 4.78 is 9.01. The van der Waals surface area contributed by atoms with Crippen LogP contribution in [-0.2, 0) is 17.9 Å². The Bertz CT molecular complexity index is 419. The summed E-state index contributed by atoms with van der Waals surface area (Å²) in [6.45, 7) is 7.24. The highest BCUT2D eigenvalue weighted by atomic mass is 79.9. The molecule has 2 unspecified atom stereocenters. The highest BCUT2D eigenvalue weighted by Gasteiger charge is 2.26. The maximum Gasteiger partial charge on any atom is 0.0896 e. The molecule has 5 heteroatoms. The first-order valence-corrected chi connectivity index (χ1v) is 7.96. The van der Waals surface area contributed by atoms with Gasteiger partial charge in [-0.1, -0.05) is 6.42 Å². The maximum absolute atomic E-state index is 5.93. The first kappa shape index (κ1) is 15.0. The van der Waals surface area contributed by atoms with Crippen molar-refractivity contribution in [3.63, 3.8) is 0 Å². The SMILES string of the molecule is CCn1nc(C)c(Br)c1COCC1CCCC1CN. The van der Waals surface area contributed by atoms with Crippen molar-refractivity contribution in [3.8, 4) is 0 Å². The minimum absolute atomic E-state index is 0.628. The van der Waals surface area contributed by atoms with Gasteiger partial charge in [0, 0.05) is 6.54 Å². The second kappa shape index (κ2) is 6.86. The van der Waals surface area contributed by atoms with Crippen molar-refractivity contribution in [3.05, 3.63) is 15.9 Å². The van der Waals surface area contributed by atoms with Crippen LogP contribution in [0.3, 0.4) is 0 Å². The number of ether oxygens (including phenoxy) is 1. The van der Waals surface area contributed by atoms with Gasteiger partial charge in [0.15, 0.2) is 0 Å². The molecular formula is C14H24BrN3O. The molecule has 1 aromatic heterocycles. The van der Waals surface area contributed by atoms with E-state index in [1.807, 2.05) is 11.6 Å². The van der Waals surface area contributed by atoms with E-state index >= 15 is 0 Å². The highest BCUT2D eigenvalue weighted by Crippen LogP contribution is 2.31. The standard InChI is InChI=1S/C14H24BrN3O/c1-3-18-13(14(15)10(2)17-18)9-19-8-12-6-4-5-11(12)7-16/h11-12H,3-9,16H2,1-2H3. The number of aryl methyl sites for hydroxylation is 2. The molecule has 1 aliphatic rings. The van der Waals surface area contributed by atoms with Crippen LogP contribution in [0.2, 0.25) is 0 Å². The van der Waals surface area contributed by atoms with E-state index in [0.29, 0.717) is 18.4 Å². The fourth-order valence-electron chi connectivity index (χ4n) is 2.96. The Morgan fingerprint density at radius 3 is 2.84 bits per heavy atom. The second-order valence-corrected chi connectivity index (χ2v) is 6.16. The monoisotopic (exact) mass is 329 g/mol. The number of halogens is 1. The molecule has 1 saturated carbocycles. The normalized spacial score (nSPS) is 23.2. The van der Waals surface area contributed by atoms with Gasteiger partial charge in [0.05, 0.1) is 29.1 Å². The topological polar surface area (TPSA) is 53.1 Å². The molecular weight excluding hydrogens is 306 g/mol. The van der Waals surface area contributed by atoms with Crippen molar-refractivity contribution in [1.82, 2.24) is 9.78 Å². The molecule has 2 rings (SSSR count). The number of nitrogens with two attached hydrogens (primary N) is 1. The van der Waals surface area contributed by atoms with Gasteiger partial charge in [-0.25, -0.2) is 0 Å². The quantitative estimate of drug-likeness (QED) is 0.873. The third kappa shape index (κ3) is 3.38. The number of hydrogen-bond donors (Lipinski definition) is 1. The molecule has 0 spiro atoms. The molecule has 1 aromatic rings. The minimum Gasteiger partial charge on any atom is -0.375 e. The van der Waals surface area contributed by atoms with Crippen molar-refractivity contribution in [1.29, 1.82) is 0 Å². The summed E-state index contributed by atoms with van der Waals surface area (Å²) in [6, 6.07) is 0. The molecule has 4 nitrogen and oxygen atoms in total. The van der Waals surface area contributed by atoms with Crippen LogP contribution in [0.1, 0.15) is 37.6 Å². The molecule has 2 atom stereocenters. The lowest BCUT2D eigenvalue weighted by Gasteiger charge is -2.18. The molecule has 2 N–H and O–H groups in total. The Kier molecular flexibility index (Phi) is 5.42. The summed E-state index contributed by atoms with van der Waals surface area (Å²) in [4.78, 5) is 0. The predicted molar refractivity (Wildman–Crippen MR) is 79.9 cm³/mol. The van der Waals surface area contributed by atoms with Crippen molar-refractivity contribution in [2.75, 3.05) is 13.2 Å². The van der Waals surface area contributed by atoms with Gasteiger partial charge in [-0.15, -0.1) is 0 Å². The average Bonchev–Trinajstić information content (AvgIpc) is 2.97. The van der Waals surface area contributed by atoms with Gasteiger partial charge in [0.2, 0.25) is 0 Å². The van der Waals surface area contributed by atoms with E-state index in [9.17, 15) is 0 Å². The van der Waals surface area contributed by atoms with E-state index in [1.54, 1.807) is 0 Å². The molecule has 1 fully saturated rings. The Morgan fingerprint density at radius 2 is 2.16 bits per heavy atom. The van der Waals surface area contributed by atoms with Crippen molar-refractivity contribution < 1.29 is 4.74 Å². The molecule has 0 radical (unpaired) electrons. The molecule has 108 valence electrons. The molecule has 0 aliphatic heterocycles. The van der Waals surface area contributed by atoms with E-state index in [2.05, 4.69) is 28.0 Å². The summed E-state index contributed by atoms with van der Waals surface area (Å²) in [7, 11) is 0. The predicted octanol–water partition coefficient (Wildman–Crippen LogP) is 2.87. The van der Waals surface area contributed by atoms with Crippen LogP contribution >= 0.6 is 15.9 Å². The lowest BCUT2D eigenvalue weighted by molar-refractivity contribution is 0.0708. The van der Waals surface area contributed by atoms with Crippen molar-refractivity contribution in [2.45, 2.75) is 46.3 Å². The largest absolute Gasteiger partial charge is 0.375 e. The van der Waals surface area contributed by atoms with Gasteiger partial charge in [-0.2, -0.15) is 5.10 Å². The third-order valence-electron chi connectivity index (χ3n) is 4.14. The molecule has 1 aliphatic carbocycles. The number of aromatic nitrogens is 2. The van der Waals surface area contributed by atoms with Gasteiger partial charge in [0.25, 0.3) is 0 Å². The summed E-state index contributed by atoms with van der Waals surface area (Å²) >= 11 is 3.60. The van der Waals surface area contributed by atoms with Gasteiger partial charge in [-0.05, 0) is 61.0 Å². The molecule has 1 heterocycles. The second-order valence-electron chi connectivity index (χ2n) is 5.36. The average molecular weight is 330 g/mol. The first-order valence-electron chi connectivity index (χ1n) is 7.17. The molecule has 0 saturated heterocycles. The van der Waals surface area contributed by atoms with Crippen LogP contribution in [0.25, 0.3) is 0 Å². The first-order chi connectivity index (χ1) is 9.17. The maximum atomic E-state index is 5.93. The Balaban J connectivity index is 1.89. The number of rotatable bonds is 6. The van der Waals surface area contributed by atoms with E-state index in [0.717, 1.165) is 35.6 Å². The fraction of sp³-hybridized carbons (Fsp3) is 0.786. The third-order valence-corrected chi connectivity index (χ3v) is 5.17. The summed E-state index contributed by atoms with van der Waals surface area (Å²) in [5.41, 5.74) is 7.97. The van der Waals surface area contributed by atoms with Crippen LogP contribution in [0.5, 0.6) is 0 Å². The van der Waals surface area contributed by atoms with Gasteiger partial charge < -0.3 is 10.5 Å². The highest BCUT2D eigenvalue weighted by molar-refractivity contribution is 9.10. The Labute approximate surface area is 123 Å². The van der Waals surface area contributed by atoms with Gasteiger partial charge in [-0.3, -0.25) is 4.68 Å². The van der Waals surface area contributed by atoms with Crippen molar-refractivity contribution in [2.24, 2.45) is 17.6 Å². The summed E-state index contributed by atoms with van der Waals surface area (Å²) in [6.07, 6.45) is 3.82. The molecule has 0 bridgehead atoms. The summed E-state index contributed by atoms with van der Waals surface area (Å²) in [5.74, 6) is 1.30. The zero-order chi connectivity index (χ0) is 13.8. The van der Waals surface area contributed by atoms with E-state index < -0.39 is 0 Å². The van der Waals surface area contributed by atoms with Crippen LogP contribution < -0.4 is 5.73 Å². The molecule has 0 amide bonds.